The van der Waals surface area contributed by atoms with Crippen molar-refractivity contribution in [1.29, 1.82) is 0 Å². The molecule has 0 aliphatic carbocycles. The summed E-state index contributed by atoms with van der Waals surface area (Å²) >= 11 is 0. The molecule has 0 radical (unpaired) electrons. The average molecular weight is 192 g/mol. The highest BCUT2D eigenvalue weighted by atomic mass is 16.5. The van der Waals surface area contributed by atoms with Gasteiger partial charge in [0.1, 0.15) is 23.4 Å². The van der Waals surface area contributed by atoms with Crippen LogP contribution in [0.5, 0.6) is 5.75 Å². The highest BCUT2D eigenvalue weighted by Gasteiger charge is 2.06. The number of benzene rings is 1. The fourth-order valence-electron chi connectivity index (χ4n) is 1.36. The molecule has 0 saturated carbocycles. The third-order valence-corrected chi connectivity index (χ3v) is 1.96. The van der Waals surface area contributed by atoms with E-state index < -0.39 is 0 Å². The number of nitrogens with zero attached hydrogens (tertiary/aromatic N) is 3. The average Bonchev–Trinajstić information content (AvgIpc) is 2.58. The molecule has 5 heteroatoms. The van der Waals surface area contributed by atoms with Gasteiger partial charge in [-0.05, 0) is 12.1 Å². The number of aryl methyl sites for hydroxylation is 1. The summed E-state index contributed by atoms with van der Waals surface area (Å²) < 4.78 is 7.18. The summed E-state index contributed by atoms with van der Waals surface area (Å²) in [6.45, 7) is 1.01. The van der Waals surface area contributed by atoms with Crippen molar-refractivity contribution in [2.75, 3.05) is 13.2 Å². The van der Waals surface area contributed by atoms with Gasteiger partial charge in [0.2, 0.25) is 0 Å². The van der Waals surface area contributed by atoms with E-state index in [1.165, 1.54) is 0 Å². The third-order valence-electron chi connectivity index (χ3n) is 1.96. The molecular weight excluding hydrogens is 180 g/mol. The van der Waals surface area contributed by atoms with Gasteiger partial charge in [-0.3, -0.25) is 0 Å². The molecule has 1 heterocycles. The summed E-state index contributed by atoms with van der Waals surface area (Å²) in [6.07, 6.45) is 0. The Hall–Kier alpha value is -1.62. The van der Waals surface area contributed by atoms with Crippen LogP contribution in [0.2, 0.25) is 0 Å². The summed E-state index contributed by atoms with van der Waals surface area (Å²) in [7, 11) is 1.84. The van der Waals surface area contributed by atoms with Gasteiger partial charge in [0.25, 0.3) is 0 Å². The van der Waals surface area contributed by atoms with Crippen LogP contribution in [-0.2, 0) is 7.05 Å². The Bertz CT molecular complexity index is 437. The second-order valence-electron chi connectivity index (χ2n) is 2.97. The molecule has 14 heavy (non-hydrogen) atoms. The molecule has 0 aliphatic rings. The molecule has 0 amide bonds. The Morgan fingerprint density at radius 3 is 3.14 bits per heavy atom. The summed E-state index contributed by atoms with van der Waals surface area (Å²) in [4.78, 5) is 0. The van der Waals surface area contributed by atoms with Gasteiger partial charge >= 0.3 is 0 Å². The number of aromatic nitrogens is 3. The molecule has 2 rings (SSSR count). The number of fused-ring (bicyclic) bond motifs is 1. The van der Waals surface area contributed by atoms with Crippen LogP contribution in [0.4, 0.5) is 0 Å². The Morgan fingerprint density at radius 1 is 1.50 bits per heavy atom. The summed E-state index contributed by atoms with van der Waals surface area (Å²) in [5.74, 6) is 0.778. The van der Waals surface area contributed by atoms with Crippen molar-refractivity contribution in [1.82, 2.24) is 15.0 Å². The number of hydrogen-bond donors (Lipinski definition) is 1. The second-order valence-corrected chi connectivity index (χ2v) is 2.97. The van der Waals surface area contributed by atoms with Gasteiger partial charge in [0.15, 0.2) is 0 Å². The van der Waals surface area contributed by atoms with Gasteiger partial charge in [-0.1, -0.05) is 11.3 Å². The number of para-hydroxylation sites is 1. The Balaban J connectivity index is 2.46. The Labute approximate surface area is 81.5 Å². The first-order valence-electron chi connectivity index (χ1n) is 4.44. The minimum atomic E-state index is 0.502. The van der Waals surface area contributed by atoms with Crippen LogP contribution in [0.1, 0.15) is 0 Å². The van der Waals surface area contributed by atoms with Crippen LogP contribution < -0.4 is 10.5 Å². The lowest BCUT2D eigenvalue weighted by Gasteiger charge is -2.05. The van der Waals surface area contributed by atoms with E-state index >= 15 is 0 Å². The third kappa shape index (κ3) is 1.42. The Morgan fingerprint density at radius 2 is 2.36 bits per heavy atom. The molecule has 0 fully saturated rings. The van der Waals surface area contributed by atoms with Crippen LogP contribution in [0.3, 0.4) is 0 Å². The van der Waals surface area contributed by atoms with Gasteiger partial charge < -0.3 is 10.5 Å². The topological polar surface area (TPSA) is 66.0 Å². The minimum absolute atomic E-state index is 0.502. The quantitative estimate of drug-likeness (QED) is 0.759. The van der Waals surface area contributed by atoms with Gasteiger partial charge in [-0.25, -0.2) is 4.68 Å². The maximum atomic E-state index is 5.48. The van der Waals surface area contributed by atoms with Crippen molar-refractivity contribution in [3.63, 3.8) is 0 Å². The number of ether oxygens (including phenoxy) is 1. The lowest BCUT2D eigenvalue weighted by Crippen LogP contribution is -2.11. The molecule has 74 valence electrons. The van der Waals surface area contributed by atoms with E-state index in [1.807, 2.05) is 25.2 Å². The summed E-state index contributed by atoms with van der Waals surface area (Å²) in [6, 6.07) is 5.68. The van der Waals surface area contributed by atoms with Gasteiger partial charge in [0, 0.05) is 13.6 Å². The number of rotatable bonds is 3. The monoisotopic (exact) mass is 192 g/mol. The minimum Gasteiger partial charge on any atom is -0.490 e. The smallest absolute Gasteiger partial charge is 0.146 e. The van der Waals surface area contributed by atoms with Crippen LogP contribution in [0, 0.1) is 0 Å². The van der Waals surface area contributed by atoms with Gasteiger partial charge in [-0.15, -0.1) is 5.10 Å². The molecule has 0 atom stereocenters. The maximum absolute atomic E-state index is 5.48. The van der Waals surface area contributed by atoms with E-state index in [1.54, 1.807) is 4.68 Å². The SMILES string of the molecule is Cn1nnc2cccc(OCCN)c21. The highest BCUT2D eigenvalue weighted by Crippen LogP contribution is 2.22. The lowest BCUT2D eigenvalue weighted by atomic mass is 10.3. The fraction of sp³-hybridized carbons (Fsp3) is 0.333. The maximum Gasteiger partial charge on any atom is 0.146 e. The standard InChI is InChI=1S/C9H12N4O/c1-13-9-7(11-12-13)3-2-4-8(9)14-6-5-10/h2-4H,5-6,10H2,1H3. The molecule has 2 aromatic rings. The zero-order valence-electron chi connectivity index (χ0n) is 7.97. The first-order valence-corrected chi connectivity index (χ1v) is 4.44. The van der Waals surface area contributed by atoms with Crippen molar-refractivity contribution in [3.05, 3.63) is 18.2 Å². The highest BCUT2D eigenvalue weighted by molar-refractivity contribution is 5.80. The molecule has 2 N–H and O–H groups in total. The zero-order valence-corrected chi connectivity index (χ0v) is 7.97. The number of nitrogens with two attached hydrogens (primary N) is 1. The first-order chi connectivity index (χ1) is 6.83. The van der Waals surface area contributed by atoms with E-state index in [-0.39, 0.29) is 0 Å². The molecule has 0 unspecified atom stereocenters. The molecule has 0 aliphatic heterocycles. The number of hydrogen-bond acceptors (Lipinski definition) is 4. The van der Waals surface area contributed by atoms with E-state index in [0.717, 1.165) is 16.8 Å². The first kappa shape index (κ1) is 8.96. The van der Waals surface area contributed by atoms with Crippen LogP contribution in [0.25, 0.3) is 11.0 Å². The normalized spacial score (nSPS) is 10.7. The summed E-state index contributed by atoms with van der Waals surface area (Å²) in [5.41, 5.74) is 7.11. The van der Waals surface area contributed by atoms with Crippen molar-refractivity contribution in [3.8, 4) is 5.75 Å². The predicted octanol–water partition coefficient (Wildman–Crippen LogP) is 0.306. The fourth-order valence-corrected chi connectivity index (χ4v) is 1.36. The largest absolute Gasteiger partial charge is 0.490 e. The Kier molecular flexibility index (Phi) is 2.32. The van der Waals surface area contributed by atoms with Gasteiger partial charge in [0.05, 0.1) is 0 Å². The zero-order chi connectivity index (χ0) is 9.97. The van der Waals surface area contributed by atoms with Crippen LogP contribution >= 0.6 is 0 Å². The molecule has 1 aromatic heterocycles. The van der Waals surface area contributed by atoms with Crippen molar-refractivity contribution >= 4 is 11.0 Å². The van der Waals surface area contributed by atoms with E-state index in [0.29, 0.717) is 13.2 Å². The van der Waals surface area contributed by atoms with Crippen LogP contribution in [0.15, 0.2) is 18.2 Å². The molecular formula is C9H12N4O. The van der Waals surface area contributed by atoms with E-state index in [9.17, 15) is 0 Å². The van der Waals surface area contributed by atoms with E-state index in [2.05, 4.69) is 10.3 Å². The molecule has 1 aromatic carbocycles. The van der Waals surface area contributed by atoms with Crippen molar-refractivity contribution < 1.29 is 4.74 Å². The van der Waals surface area contributed by atoms with Crippen molar-refractivity contribution in [2.24, 2.45) is 12.8 Å². The van der Waals surface area contributed by atoms with Crippen LogP contribution in [-0.4, -0.2) is 28.1 Å². The second kappa shape index (κ2) is 3.63. The lowest BCUT2D eigenvalue weighted by molar-refractivity contribution is 0.330. The van der Waals surface area contributed by atoms with Gasteiger partial charge in [-0.2, -0.15) is 0 Å². The van der Waals surface area contributed by atoms with E-state index in [4.69, 9.17) is 10.5 Å². The molecule has 0 saturated heterocycles. The molecule has 5 nitrogen and oxygen atoms in total. The summed E-state index contributed by atoms with van der Waals surface area (Å²) in [5, 5.41) is 7.91. The molecule has 0 bridgehead atoms. The molecule has 0 spiro atoms. The van der Waals surface area contributed by atoms with Crippen molar-refractivity contribution in [2.45, 2.75) is 0 Å². The predicted molar refractivity (Wildman–Crippen MR) is 53.1 cm³/mol.